The molecule has 1 aliphatic rings. The molecule has 14 heteroatoms. The van der Waals surface area contributed by atoms with Crippen molar-refractivity contribution in [3.8, 4) is 0 Å². The van der Waals surface area contributed by atoms with Gasteiger partial charge >= 0.3 is 8.25 Å². The normalized spacial score (nSPS) is 23.8. The molecule has 3 rings (SSSR count). The van der Waals surface area contributed by atoms with Crippen LogP contribution in [0.15, 0.2) is 11.1 Å². The van der Waals surface area contributed by atoms with Crippen LogP contribution in [-0.2, 0) is 18.3 Å². The largest absolute Gasteiger partial charge is 0.695 e. The van der Waals surface area contributed by atoms with Gasteiger partial charge in [0.2, 0.25) is 11.9 Å². The molecule has 1 amide bonds. The van der Waals surface area contributed by atoms with Gasteiger partial charge in [0.1, 0.15) is 6.10 Å². The Labute approximate surface area is 205 Å². The molecule has 1 aliphatic carbocycles. The Balaban J connectivity index is 2.11. The smallest absolute Gasteiger partial charge is 0.409 e. The maximum Gasteiger partial charge on any atom is 0.695 e. The highest BCUT2D eigenvalue weighted by Crippen LogP contribution is 2.47. The van der Waals surface area contributed by atoms with Gasteiger partial charge in [0.15, 0.2) is 19.5 Å². The number of carbonyl (C=O) groups excluding carboxylic acids is 1. The number of aliphatic hydroxyl groups excluding tert-OH is 1. The quantitative estimate of drug-likeness (QED) is 0.297. The molecule has 2 heterocycles. The van der Waals surface area contributed by atoms with Crippen molar-refractivity contribution in [1.29, 1.82) is 0 Å². The van der Waals surface area contributed by atoms with Gasteiger partial charge in [0, 0.05) is 23.0 Å². The Hall–Kier alpha value is -2.02. The number of amides is 1. The number of anilines is 1. The first-order valence-corrected chi connectivity index (χ1v) is 15.6. The number of imidazole rings is 1. The molecule has 4 N–H and O–H groups in total. The van der Waals surface area contributed by atoms with Gasteiger partial charge in [0.05, 0.1) is 18.5 Å². The summed E-state index contributed by atoms with van der Waals surface area (Å²) in [7, 11) is -5.35. The van der Waals surface area contributed by atoms with Crippen LogP contribution in [0.2, 0.25) is 18.1 Å². The minimum Gasteiger partial charge on any atom is -0.409 e. The van der Waals surface area contributed by atoms with Crippen molar-refractivity contribution in [2.45, 2.75) is 77.4 Å². The topological polar surface area (TPSA) is 169 Å². The van der Waals surface area contributed by atoms with Crippen molar-refractivity contribution in [3.05, 3.63) is 16.7 Å². The number of aliphatic hydroxyl groups is 1. The highest BCUT2D eigenvalue weighted by Gasteiger charge is 2.53. The highest BCUT2D eigenvalue weighted by atomic mass is 31.1. The summed E-state index contributed by atoms with van der Waals surface area (Å²) in [6, 6.07) is -0.492. The van der Waals surface area contributed by atoms with E-state index in [0.717, 1.165) is 0 Å². The lowest BCUT2D eigenvalue weighted by atomic mass is 10.1. The summed E-state index contributed by atoms with van der Waals surface area (Å²) in [5.74, 6) is -1.12. The third kappa shape index (κ3) is 5.70. The Morgan fingerprint density at radius 1 is 1.37 bits per heavy atom. The average Bonchev–Trinajstić information content (AvgIpc) is 3.28. The molecule has 0 bridgehead atoms. The van der Waals surface area contributed by atoms with Gasteiger partial charge in [-0.15, -0.1) is 9.42 Å². The minimum atomic E-state index is -2.95. The van der Waals surface area contributed by atoms with Crippen molar-refractivity contribution in [3.63, 3.8) is 0 Å². The molecule has 0 aromatic carbocycles. The van der Waals surface area contributed by atoms with Gasteiger partial charge in [0.25, 0.3) is 5.56 Å². The molecule has 1 saturated carbocycles. The first-order valence-electron chi connectivity index (χ1n) is 11.6. The van der Waals surface area contributed by atoms with E-state index in [4.69, 9.17) is 8.95 Å². The maximum absolute atomic E-state index is 12.7. The van der Waals surface area contributed by atoms with E-state index in [0.29, 0.717) is 6.42 Å². The number of hydrogen-bond donors (Lipinski definition) is 4. The Bertz CT molecular complexity index is 1160. The summed E-state index contributed by atoms with van der Waals surface area (Å²) >= 11 is 0. The van der Waals surface area contributed by atoms with Crippen LogP contribution in [0, 0.1) is 11.8 Å². The van der Waals surface area contributed by atoms with Gasteiger partial charge in [-0.25, -0.2) is 4.98 Å². The molecule has 35 heavy (non-hydrogen) atoms. The molecule has 12 nitrogen and oxygen atoms in total. The molecule has 194 valence electrons. The number of aromatic amines is 1. The zero-order chi connectivity index (χ0) is 26.3. The number of nitrogens with zero attached hydrogens (tertiary/aromatic N) is 3. The fourth-order valence-electron chi connectivity index (χ4n) is 3.92. The number of carbonyl (C=O) groups is 1. The van der Waals surface area contributed by atoms with Crippen LogP contribution < -0.4 is 10.9 Å². The number of nitrogens with one attached hydrogen (secondary N) is 2. The van der Waals surface area contributed by atoms with Crippen LogP contribution in [-0.4, -0.2) is 62.6 Å². The third-order valence-corrected chi connectivity index (χ3v) is 11.8. The number of aromatic nitrogens is 4. The average molecular weight is 529 g/mol. The molecule has 0 aliphatic heterocycles. The molecule has 0 radical (unpaired) electrons. The summed E-state index contributed by atoms with van der Waals surface area (Å²) in [5, 5.41) is 12.5. The number of rotatable bonds is 8. The van der Waals surface area contributed by atoms with Crippen molar-refractivity contribution in [2.75, 3.05) is 11.9 Å². The second-order valence-electron chi connectivity index (χ2n) is 10.8. The standard InChI is InChI=1S/C21H34N5O7PSi/c1-11(2)18(28)24-20-23-17-14(19(29)25-20)22-10-26(17)13-8-12(9-27)15(32-34(30)31)16(13)33-35(6,7)21(3,4)5/h10-13,15-16,27H,8-9H2,1-7H3,(H2-,23,24,25,28,29,30,31)/p+1/t12-,13-,15-,16+/m1/s1. The SMILES string of the molecule is CC(C)C(=O)Nc1nc2c(ncn2[C@@H]2C[C@H](CO)[C@@H](O[P+](=O)O)[C@H]2O[Si](C)(C)C(C)(C)C)c(=O)[nH]1. The number of hydrogen-bond acceptors (Lipinski definition) is 8. The summed E-state index contributed by atoms with van der Waals surface area (Å²) < 4.78 is 25.4. The van der Waals surface area contributed by atoms with Gasteiger partial charge in [-0.1, -0.05) is 34.6 Å². The molecule has 0 saturated heterocycles. The second-order valence-corrected chi connectivity index (χ2v) is 16.2. The number of fused-ring (bicyclic) bond motifs is 1. The summed E-state index contributed by atoms with van der Waals surface area (Å²) in [6.45, 7) is 13.5. The van der Waals surface area contributed by atoms with Crippen LogP contribution in [0.25, 0.3) is 11.2 Å². The van der Waals surface area contributed by atoms with Crippen LogP contribution in [0.5, 0.6) is 0 Å². The first kappa shape index (κ1) is 27.6. The second kappa shape index (κ2) is 10.2. The Morgan fingerprint density at radius 2 is 2.03 bits per heavy atom. The maximum atomic E-state index is 12.7. The predicted molar refractivity (Wildman–Crippen MR) is 133 cm³/mol. The van der Waals surface area contributed by atoms with E-state index < -0.39 is 46.3 Å². The zero-order valence-corrected chi connectivity index (χ0v) is 23.0. The van der Waals surface area contributed by atoms with Crippen molar-refractivity contribution in [2.24, 2.45) is 11.8 Å². The van der Waals surface area contributed by atoms with Gasteiger partial charge in [-0.2, -0.15) is 4.98 Å². The third-order valence-electron chi connectivity index (χ3n) is 6.95. The summed E-state index contributed by atoms with van der Waals surface area (Å²) in [4.78, 5) is 45.6. The fraction of sp³-hybridized carbons (Fsp3) is 0.714. The van der Waals surface area contributed by atoms with Crippen molar-refractivity contribution >= 4 is 39.6 Å². The molecule has 1 unspecified atom stereocenters. The van der Waals surface area contributed by atoms with Crippen LogP contribution >= 0.6 is 8.25 Å². The summed E-state index contributed by atoms with van der Waals surface area (Å²) in [5.41, 5.74) is -0.207. The van der Waals surface area contributed by atoms with E-state index in [1.807, 2.05) is 0 Å². The van der Waals surface area contributed by atoms with Crippen LogP contribution in [0.4, 0.5) is 5.95 Å². The van der Waals surface area contributed by atoms with Crippen LogP contribution in [0.1, 0.15) is 47.1 Å². The van der Waals surface area contributed by atoms with E-state index in [2.05, 4.69) is 54.1 Å². The lowest BCUT2D eigenvalue weighted by Crippen LogP contribution is -2.48. The fourth-order valence-corrected chi connectivity index (χ4v) is 5.74. The van der Waals surface area contributed by atoms with E-state index in [9.17, 15) is 24.2 Å². The van der Waals surface area contributed by atoms with E-state index >= 15 is 0 Å². The first-order chi connectivity index (χ1) is 16.2. The van der Waals surface area contributed by atoms with Gasteiger partial charge in [-0.3, -0.25) is 19.9 Å². The Morgan fingerprint density at radius 3 is 2.57 bits per heavy atom. The minimum absolute atomic E-state index is 0.00671. The molecular formula is C21H35N5O7PSi+. The van der Waals surface area contributed by atoms with Crippen molar-refractivity contribution < 1.29 is 28.3 Å². The molecule has 5 atom stereocenters. The highest BCUT2D eigenvalue weighted by molar-refractivity contribution is 7.32. The Kier molecular flexibility index (Phi) is 7.99. The molecule has 1 fully saturated rings. The van der Waals surface area contributed by atoms with Crippen LogP contribution in [0.3, 0.4) is 0 Å². The monoisotopic (exact) mass is 528 g/mol. The lowest BCUT2D eigenvalue weighted by Gasteiger charge is -2.40. The van der Waals surface area contributed by atoms with E-state index in [-0.39, 0.29) is 40.6 Å². The van der Waals surface area contributed by atoms with E-state index in [1.165, 1.54) is 6.33 Å². The molecule has 0 spiro atoms. The van der Waals surface area contributed by atoms with Gasteiger partial charge < -0.3 is 14.1 Å². The summed E-state index contributed by atoms with van der Waals surface area (Å²) in [6.07, 6.45) is 0.249. The molecular weight excluding hydrogens is 493 g/mol. The zero-order valence-electron chi connectivity index (χ0n) is 21.1. The number of H-pyrrole nitrogens is 1. The molecule has 2 aromatic heterocycles. The lowest BCUT2D eigenvalue weighted by molar-refractivity contribution is -0.118. The predicted octanol–water partition coefficient (Wildman–Crippen LogP) is 2.69. The molecule has 2 aromatic rings. The van der Waals surface area contributed by atoms with Crippen molar-refractivity contribution in [1.82, 2.24) is 19.5 Å². The van der Waals surface area contributed by atoms with E-state index in [1.54, 1.807) is 18.4 Å². The van der Waals surface area contributed by atoms with Gasteiger partial charge in [-0.05, 0) is 24.6 Å².